The average Bonchev–Trinajstić information content (AvgIpc) is 2.52. The number of hydrogen-bond donors (Lipinski definition) is 1. The van der Waals surface area contributed by atoms with Crippen LogP contribution in [0.3, 0.4) is 0 Å². The van der Waals surface area contributed by atoms with Crippen LogP contribution in [0, 0.1) is 0 Å². The number of carboxylic acid groups (broad SMARTS) is 1. The van der Waals surface area contributed by atoms with E-state index >= 15 is 0 Å². The summed E-state index contributed by atoms with van der Waals surface area (Å²) in [5.74, 6) is -1.65. The molecule has 0 atom stereocenters. The number of rotatable bonds is 6. The van der Waals surface area contributed by atoms with E-state index in [1.165, 1.54) is 4.90 Å². The van der Waals surface area contributed by atoms with Crippen molar-refractivity contribution in [3.8, 4) is 0 Å². The Morgan fingerprint density at radius 3 is 2.46 bits per heavy atom. The van der Waals surface area contributed by atoms with Crippen molar-refractivity contribution in [2.24, 2.45) is 0 Å². The molecule has 0 unspecified atom stereocenters. The van der Waals surface area contributed by atoms with Gasteiger partial charge < -0.3 is 19.6 Å². The Labute approximate surface area is 140 Å². The van der Waals surface area contributed by atoms with E-state index in [0.29, 0.717) is 19.6 Å². The highest BCUT2D eigenvalue weighted by Gasteiger charge is 2.43. The third-order valence-corrected chi connectivity index (χ3v) is 4.05. The van der Waals surface area contributed by atoms with Crippen molar-refractivity contribution in [1.82, 2.24) is 9.80 Å². The van der Waals surface area contributed by atoms with E-state index in [-0.39, 0.29) is 18.4 Å². The van der Waals surface area contributed by atoms with E-state index in [2.05, 4.69) is 0 Å². The summed E-state index contributed by atoms with van der Waals surface area (Å²) in [7, 11) is 0. The lowest BCUT2D eigenvalue weighted by Crippen LogP contribution is -2.64. The molecule has 2 rings (SSSR count). The number of carbonyl (C=O) groups excluding carboxylic acids is 2. The summed E-state index contributed by atoms with van der Waals surface area (Å²) in [5, 5.41) is 8.55. The maximum atomic E-state index is 12.7. The minimum atomic E-state index is -1.13. The molecule has 1 aromatic carbocycles. The Morgan fingerprint density at radius 2 is 1.83 bits per heavy atom. The SMILES string of the molecule is CC1(C)C(=O)N(Cc2ccccc2)CCN1C(=O)COCC(=O)O. The quantitative estimate of drug-likeness (QED) is 0.829. The van der Waals surface area contributed by atoms with Crippen LogP contribution in [0.15, 0.2) is 30.3 Å². The van der Waals surface area contributed by atoms with Crippen molar-refractivity contribution in [2.45, 2.75) is 25.9 Å². The number of aliphatic carboxylic acids is 1. The van der Waals surface area contributed by atoms with E-state index in [4.69, 9.17) is 9.84 Å². The van der Waals surface area contributed by atoms with Crippen molar-refractivity contribution in [1.29, 1.82) is 0 Å². The van der Waals surface area contributed by atoms with Gasteiger partial charge in [0.05, 0.1) is 0 Å². The molecule has 1 saturated heterocycles. The lowest BCUT2D eigenvalue weighted by Gasteiger charge is -2.45. The molecule has 1 N–H and O–H groups in total. The summed E-state index contributed by atoms with van der Waals surface area (Å²) in [6.07, 6.45) is 0. The number of ether oxygens (including phenoxy) is 1. The molecule has 0 aliphatic carbocycles. The highest BCUT2D eigenvalue weighted by atomic mass is 16.5. The summed E-state index contributed by atoms with van der Waals surface area (Å²) in [6, 6.07) is 9.67. The van der Waals surface area contributed by atoms with Gasteiger partial charge in [-0.1, -0.05) is 30.3 Å². The zero-order valence-electron chi connectivity index (χ0n) is 13.9. The molecule has 0 bridgehead atoms. The van der Waals surface area contributed by atoms with E-state index in [1.807, 2.05) is 30.3 Å². The number of hydrogen-bond acceptors (Lipinski definition) is 4. The van der Waals surface area contributed by atoms with E-state index < -0.39 is 18.1 Å². The van der Waals surface area contributed by atoms with Crippen LogP contribution in [0.5, 0.6) is 0 Å². The summed E-state index contributed by atoms with van der Waals surface area (Å²) < 4.78 is 4.85. The minimum absolute atomic E-state index is 0.135. The summed E-state index contributed by atoms with van der Waals surface area (Å²) in [4.78, 5) is 38.6. The van der Waals surface area contributed by atoms with Crippen LogP contribution in [0.25, 0.3) is 0 Å². The predicted octanol–water partition coefficient (Wildman–Crippen LogP) is 0.737. The highest BCUT2D eigenvalue weighted by molar-refractivity contribution is 5.92. The summed E-state index contributed by atoms with van der Waals surface area (Å²) in [5.41, 5.74) is 0.0441. The maximum Gasteiger partial charge on any atom is 0.329 e. The highest BCUT2D eigenvalue weighted by Crippen LogP contribution is 2.24. The molecule has 1 aliphatic rings. The van der Waals surface area contributed by atoms with Gasteiger partial charge in [-0.25, -0.2) is 4.79 Å². The smallest absolute Gasteiger partial charge is 0.329 e. The zero-order chi connectivity index (χ0) is 17.7. The van der Waals surface area contributed by atoms with E-state index in [1.54, 1.807) is 18.7 Å². The molecule has 0 spiro atoms. The first-order valence-corrected chi connectivity index (χ1v) is 7.75. The first-order chi connectivity index (χ1) is 11.3. The topological polar surface area (TPSA) is 87.2 Å². The second-order valence-corrected chi connectivity index (χ2v) is 6.20. The Balaban J connectivity index is 2.00. The molecule has 0 saturated carbocycles. The molecule has 1 aromatic rings. The molecule has 1 heterocycles. The molecule has 130 valence electrons. The van der Waals surface area contributed by atoms with Gasteiger partial charge in [0.2, 0.25) is 11.8 Å². The Hall–Kier alpha value is -2.41. The Kier molecular flexibility index (Phi) is 5.56. The number of carbonyl (C=O) groups is 3. The lowest BCUT2D eigenvalue weighted by molar-refractivity contribution is -0.162. The Bertz CT molecular complexity index is 615. The second-order valence-electron chi connectivity index (χ2n) is 6.20. The molecular weight excluding hydrogens is 312 g/mol. The zero-order valence-corrected chi connectivity index (χ0v) is 13.9. The number of carboxylic acids is 1. The van der Waals surface area contributed by atoms with Gasteiger partial charge in [0.1, 0.15) is 18.8 Å². The Morgan fingerprint density at radius 1 is 1.17 bits per heavy atom. The third kappa shape index (κ3) is 4.11. The van der Waals surface area contributed by atoms with Crippen LogP contribution >= 0.6 is 0 Å². The van der Waals surface area contributed by atoms with Gasteiger partial charge in [-0.3, -0.25) is 9.59 Å². The van der Waals surface area contributed by atoms with Crippen molar-refractivity contribution in [3.05, 3.63) is 35.9 Å². The van der Waals surface area contributed by atoms with E-state index in [9.17, 15) is 14.4 Å². The molecular formula is C17H22N2O5. The van der Waals surface area contributed by atoms with Gasteiger partial charge in [0.25, 0.3) is 0 Å². The fraction of sp³-hybridized carbons (Fsp3) is 0.471. The molecule has 7 nitrogen and oxygen atoms in total. The van der Waals surface area contributed by atoms with Crippen LogP contribution < -0.4 is 0 Å². The van der Waals surface area contributed by atoms with Crippen LogP contribution in [-0.2, 0) is 25.7 Å². The van der Waals surface area contributed by atoms with Gasteiger partial charge in [-0.2, -0.15) is 0 Å². The first-order valence-electron chi connectivity index (χ1n) is 7.75. The molecule has 2 amide bonds. The molecule has 7 heteroatoms. The van der Waals surface area contributed by atoms with Crippen LogP contribution in [0.2, 0.25) is 0 Å². The van der Waals surface area contributed by atoms with Crippen molar-refractivity contribution < 1.29 is 24.2 Å². The molecule has 24 heavy (non-hydrogen) atoms. The first kappa shape index (κ1) is 17.9. The van der Waals surface area contributed by atoms with Crippen LogP contribution in [-0.4, -0.2) is 64.5 Å². The standard InChI is InChI=1S/C17H22N2O5/c1-17(2)16(23)18(10-13-6-4-3-5-7-13)8-9-19(17)14(20)11-24-12-15(21)22/h3-7H,8-12H2,1-2H3,(H,21,22). The van der Waals surface area contributed by atoms with Gasteiger partial charge in [0.15, 0.2) is 0 Å². The summed E-state index contributed by atoms with van der Waals surface area (Å²) in [6.45, 7) is 3.84. The molecule has 1 aliphatic heterocycles. The van der Waals surface area contributed by atoms with Crippen LogP contribution in [0.4, 0.5) is 0 Å². The molecule has 1 fully saturated rings. The maximum absolute atomic E-state index is 12.7. The predicted molar refractivity (Wildman–Crippen MR) is 86.1 cm³/mol. The van der Waals surface area contributed by atoms with Gasteiger partial charge >= 0.3 is 5.97 Å². The monoisotopic (exact) mass is 334 g/mol. The molecule has 0 radical (unpaired) electrons. The fourth-order valence-electron chi connectivity index (χ4n) is 2.80. The van der Waals surface area contributed by atoms with Crippen LogP contribution in [0.1, 0.15) is 19.4 Å². The third-order valence-electron chi connectivity index (χ3n) is 4.05. The number of amides is 2. The fourth-order valence-corrected chi connectivity index (χ4v) is 2.80. The van der Waals surface area contributed by atoms with E-state index in [0.717, 1.165) is 5.56 Å². The summed E-state index contributed by atoms with van der Waals surface area (Å²) >= 11 is 0. The van der Waals surface area contributed by atoms with Gasteiger partial charge in [0, 0.05) is 19.6 Å². The second kappa shape index (κ2) is 7.44. The normalized spacial score (nSPS) is 17.0. The number of benzene rings is 1. The largest absolute Gasteiger partial charge is 0.480 e. The molecule has 0 aromatic heterocycles. The van der Waals surface area contributed by atoms with Gasteiger partial charge in [-0.15, -0.1) is 0 Å². The number of nitrogens with zero attached hydrogens (tertiary/aromatic N) is 2. The number of piperazine rings is 1. The lowest BCUT2D eigenvalue weighted by atomic mass is 9.96. The average molecular weight is 334 g/mol. The van der Waals surface area contributed by atoms with Gasteiger partial charge in [-0.05, 0) is 19.4 Å². The minimum Gasteiger partial charge on any atom is -0.480 e. The van der Waals surface area contributed by atoms with Crippen molar-refractivity contribution in [3.63, 3.8) is 0 Å². The van der Waals surface area contributed by atoms with Crippen molar-refractivity contribution >= 4 is 17.8 Å². The van der Waals surface area contributed by atoms with Crippen molar-refractivity contribution in [2.75, 3.05) is 26.3 Å².